The second kappa shape index (κ2) is 5.50. The minimum absolute atomic E-state index is 0.00660. The van der Waals surface area contributed by atoms with Gasteiger partial charge in [0.25, 0.3) is 0 Å². The molecule has 3 unspecified atom stereocenters. The summed E-state index contributed by atoms with van der Waals surface area (Å²) < 4.78 is 0. The Morgan fingerprint density at radius 1 is 1.15 bits per heavy atom. The topological polar surface area (TPSA) is 46.2 Å². The van der Waals surface area contributed by atoms with Gasteiger partial charge in [0.1, 0.15) is 0 Å². The molecule has 1 saturated heterocycles. The van der Waals surface area contributed by atoms with Crippen molar-refractivity contribution in [2.24, 2.45) is 23.2 Å². The van der Waals surface area contributed by atoms with Crippen LogP contribution in [0.25, 0.3) is 0 Å². The Morgan fingerprint density at radius 3 is 2.60 bits per heavy atom. The first-order chi connectivity index (χ1) is 9.64. The fourth-order valence-electron chi connectivity index (χ4n) is 5.29. The third-order valence-corrected chi connectivity index (χ3v) is 6.15. The lowest BCUT2D eigenvalue weighted by molar-refractivity contribution is -0.149. The molecule has 1 heterocycles. The molecule has 3 heteroatoms. The number of hydrogen-bond donors (Lipinski definition) is 1. The molecule has 0 aromatic heterocycles. The molecule has 0 aromatic carbocycles. The van der Waals surface area contributed by atoms with Gasteiger partial charge in [-0.25, -0.2) is 0 Å². The van der Waals surface area contributed by atoms with Crippen molar-refractivity contribution in [2.75, 3.05) is 0 Å². The molecule has 3 aliphatic rings. The van der Waals surface area contributed by atoms with Crippen LogP contribution in [0.15, 0.2) is 0 Å². The molecule has 3 rings (SSSR count). The predicted octanol–water partition coefficient (Wildman–Crippen LogP) is 3.43. The monoisotopic (exact) mass is 277 g/mol. The van der Waals surface area contributed by atoms with E-state index in [0.717, 1.165) is 12.8 Å². The van der Waals surface area contributed by atoms with Gasteiger partial charge in [0, 0.05) is 12.3 Å². The highest BCUT2D eigenvalue weighted by molar-refractivity contribution is 5.99. The first kappa shape index (κ1) is 14.1. The zero-order valence-electron chi connectivity index (χ0n) is 12.6. The van der Waals surface area contributed by atoms with Gasteiger partial charge in [-0.05, 0) is 42.9 Å². The fraction of sp³-hybridized carbons (Fsp3) is 0.882. The van der Waals surface area contributed by atoms with Gasteiger partial charge in [-0.3, -0.25) is 14.9 Å². The van der Waals surface area contributed by atoms with Crippen LogP contribution in [-0.4, -0.2) is 11.8 Å². The van der Waals surface area contributed by atoms with E-state index in [-0.39, 0.29) is 23.1 Å². The van der Waals surface area contributed by atoms with Crippen molar-refractivity contribution in [3.05, 3.63) is 0 Å². The van der Waals surface area contributed by atoms with Gasteiger partial charge in [-0.15, -0.1) is 0 Å². The van der Waals surface area contributed by atoms with Gasteiger partial charge in [0.2, 0.25) is 11.8 Å². The van der Waals surface area contributed by atoms with Crippen molar-refractivity contribution in [2.45, 2.75) is 71.1 Å². The normalized spacial score (nSPS) is 39.2. The molecule has 1 aliphatic heterocycles. The van der Waals surface area contributed by atoms with Crippen LogP contribution in [0.1, 0.15) is 71.1 Å². The van der Waals surface area contributed by atoms with E-state index in [4.69, 9.17) is 0 Å². The summed E-state index contributed by atoms with van der Waals surface area (Å²) in [4.78, 5) is 24.5. The number of piperidine rings is 1. The predicted molar refractivity (Wildman–Crippen MR) is 77.9 cm³/mol. The van der Waals surface area contributed by atoms with Crippen molar-refractivity contribution in [1.82, 2.24) is 5.32 Å². The van der Waals surface area contributed by atoms with E-state index in [0.29, 0.717) is 18.3 Å². The van der Waals surface area contributed by atoms with Gasteiger partial charge >= 0.3 is 0 Å². The molecule has 112 valence electrons. The van der Waals surface area contributed by atoms with E-state index in [9.17, 15) is 9.59 Å². The summed E-state index contributed by atoms with van der Waals surface area (Å²) in [6.07, 6.45) is 11.3. The van der Waals surface area contributed by atoms with Crippen LogP contribution in [0.4, 0.5) is 0 Å². The largest absolute Gasteiger partial charge is 0.296 e. The summed E-state index contributed by atoms with van der Waals surface area (Å²) in [5.74, 6) is 1.37. The van der Waals surface area contributed by atoms with Crippen molar-refractivity contribution in [1.29, 1.82) is 0 Å². The lowest BCUT2D eigenvalue weighted by atomic mass is 9.56. The average molecular weight is 277 g/mol. The van der Waals surface area contributed by atoms with Crippen LogP contribution in [-0.2, 0) is 9.59 Å². The maximum absolute atomic E-state index is 12.5. The van der Waals surface area contributed by atoms with Crippen LogP contribution in [0.3, 0.4) is 0 Å². The minimum atomic E-state index is -0.0269. The summed E-state index contributed by atoms with van der Waals surface area (Å²) in [5.41, 5.74) is -0.00660. The Kier molecular flexibility index (Phi) is 3.87. The molecule has 1 spiro atoms. The minimum Gasteiger partial charge on any atom is -0.296 e. The van der Waals surface area contributed by atoms with Crippen molar-refractivity contribution in [3.63, 3.8) is 0 Å². The van der Waals surface area contributed by atoms with Gasteiger partial charge < -0.3 is 0 Å². The third kappa shape index (κ3) is 2.40. The fourth-order valence-corrected chi connectivity index (χ4v) is 5.29. The quantitative estimate of drug-likeness (QED) is 0.786. The van der Waals surface area contributed by atoms with E-state index in [1.54, 1.807) is 0 Å². The second-order valence-electron chi connectivity index (χ2n) is 7.34. The van der Waals surface area contributed by atoms with Crippen LogP contribution in [0, 0.1) is 23.2 Å². The molecule has 3 nitrogen and oxygen atoms in total. The first-order valence-corrected chi connectivity index (χ1v) is 8.48. The Hall–Kier alpha value is -0.860. The van der Waals surface area contributed by atoms with Gasteiger partial charge in [0.05, 0.1) is 0 Å². The summed E-state index contributed by atoms with van der Waals surface area (Å²) in [5, 5.41) is 2.63. The van der Waals surface area contributed by atoms with Crippen LogP contribution < -0.4 is 5.32 Å². The summed E-state index contributed by atoms with van der Waals surface area (Å²) in [6, 6.07) is 0. The number of nitrogens with one attached hydrogen (secondary N) is 1. The average Bonchev–Trinajstić information content (AvgIpc) is 2.91. The first-order valence-electron chi connectivity index (χ1n) is 8.48. The number of carbonyl (C=O) groups excluding carboxylic acids is 2. The Bertz CT molecular complexity index is 400. The zero-order chi connectivity index (χ0) is 14.2. The second-order valence-corrected chi connectivity index (χ2v) is 7.34. The Balaban J connectivity index is 1.89. The van der Waals surface area contributed by atoms with Crippen molar-refractivity contribution in [3.8, 4) is 0 Å². The zero-order valence-corrected chi connectivity index (χ0v) is 12.6. The van der Waals surface area contributed by atoms with E-state index in [2.05, 4.69) is 12.2 Å². The highest BCUT2D eigenvalue weighted by Gasteiger charge is 2.53. The Morgan fingerprint density at radius 2 is 1.90 bits per heavy atom. The summed E-state index contributed by atoms with van der Waals surface area (Å²) >= 11 is 0. The molecule has 0 aromatic rings. The number of hydrogen-bond acceptors (Lipinski definition) is 2. The molecule has 2 amide bonds. The maximum Gasteiger partial charge on any atom is 0.230 e. The van der Waals surface area contributed by atoms with Crippen LogP contribution in [0.2, 0.25) is 0 Å². The molecule has 3 fully saturated rings. The summed E-state index contributed by atoms with van der Waals surface area (Å²) in [7, 11) is 0. The van der Waals surface area contributed by atoms with E-state index in [1.165, 1.54) is 44.9 Å². The highest BCUT2D eigenvalue weighted by Crippen LogP contribution is 2.54. The summed E-state index contributed by atoms with van der Waals surface area (Å²) in [6.45, 7) is 2.25. The molecule has 2 saturated carbocycles. The molecule has 2 aliphatic carbocycles. The van der Waals surface area contributed by atoms with E-state index in [1.807, 2.05) is 0 Å². The number of imide groups is 1. The molecule has 0 radical (unpaired) electrons. The SMILES string of the molecule is CCC1CCCC2(CC(=O)NC(=O)C2C2CCCC2)C1. The van der Waals surface area contributed by atoms with Gasteiger partial charge in [0.15, 0.2) is 0 Å². The molecule has 20 heavy (non-hydrogen) atoms. The van der Waals surface area contributed by atoms with Crippen molar-refractivity contribution >= 4 is 11.8 Å². The highest BCUT2D eigenvalue weighted by atomic mass is 16.2. The molecule has 1 N–H and O–H groups in total. The standard InChI is InChI=1S/C17H27NO2/c1-2-12-6-5-9-17(10-12)11-14(19)18-16(20)15(17)13-7-3-4-8-13/h12-13,15H,2-11H2,1H3,(H,18,19,20). The molecular weight excluding hydrogens is 250 g/mol. The van der Waals surface area contributed by atoms with Gasteiger partial charge in [-0.2, -0.15) is 0 Å². The number of carbonyl (C=O) groups is 2. The molecule has 0 bridgehead atoms. The molecular formula is C17H27NO2. The van der Waals surface area contributed by atoms with Crippen molar-refractivity contribution < 1.29 is 9.59 Å². The maximum atomic E-state index is 12.5. The molecule has 3 atom stereocenters. The lowest BCUT2D eigenvalue weighted by Crippen LogP contribution is -2.55. The van der Waals surface area contributed by atoms with Gasteiger partial charge in [-0.1, -0.05) is 39.0 Å². The smallest absolute Gasteiger partial charge is 0.230 e. The third-order valence-electron chi connectivity index (χ3n) is 6.15. The van der Waals surface area contributed by atoms with E-state index >= 15 is 0 Å². The van der Waals surface area contributed by atoms with Crippen LogP contribution >= 0.6 is 0 Å². The van der Waals surface area contributed by atoms with E-state index < -0.39 is 0 Å². The van der Waals surface area contributed by atoms with Crippen LogP contribution in [0.5, 0.6) is 0 Å². The Labute approximate surface area is 121 Å². The lowest BCUT2D eigenvalue weighted by Gasteiger charge is -2.49. The number of amides is 2. The number of rotatable bonds is 2.